The third-order valence-corrected chi connectivity index (χ3v) is 5.27. The molecule has 1 saturated heterocycles. The molecule has 1 aliphatic heterocycles. The number of halogens is 2. The molecule has 2 aliphatic rings. The minimum atomic E-state index is -0.319. The zero-order valence-corrected chi connectivity index (χ0v) is 13.1. The van der Waals surface area contributed by atoms with Gasteiger partial charge < -0.3 is 10.6 Å². The first kappa shape index (κ1) is 15.1. The molecular weight excluding hydrogens is 287 g/mol. The number of hydrogen-bond donors (Lipinski definition) is 2. The topological polar surface area (TPSA) is 24.1 Å². The summed E-state index contributed by atoms with van der Waals surface area (Å²) >= 11 is 5.89. The minimum absolute atomic E-state index is 0.197. The Hall–Kier alpha value is -0.800. The largest absolute Gasteiger partial charge is 0.380 e. The van der Waals surface area contributed by atoms with Gasteiger partial charge in [-0.2, -0.15) is 0 Å². The Morgan fingerprint density at radius 3 is 2.71 bits per heavy atom. The van der Waals surface area contributed by atoms with Crippen molar-refractivity contribution in [3.8, 4) is 0 Å². The van der Waals surface area contributed by atoms with Crippen LogP contribution in [0.5, 0.6) is 0 Å². The maximum atomic E-state index is 14.1. The van der Waals surface area contributed by atoms with Gasteiger partial charge >= 0.3 is 0 Å². The highest BCUT2D eigenvalue weighted by Gasteiger charge is 2.32. The van der Waals surface area contributed by atoms with Gasteiger partial charge in [0.2, 0.25) is 0 Å². The lowest BCUT2D eigenvalue weighted by Gasteiger charge is -2.40. The Kier molecular flexibility index (Phi) is 5.02. The van der Waals surface area contributed by atoms with E-state index in [2.05, 4.69) is 10.6 Å². The molecule has 116 valence electrons. The number of rotatable bonds is 3. The second kappa shape index (κ2) is 6.97. The lowest BCUT2D eigenvalue weighted by molar-refractivity contribution is 0.217. The molecular formula is C17H24ClFN2. The molecule has 0 spiro atoms. The van der Waals surface area contributed by atoms with E-state index in [1.807, 2.05) is 6.07 Å². The summed E-state index contributed by atoms with van der Waals surface area (Å²) in [4.78, 5) is 0. The average Bonchev–Trinajstić information content (AvgIpc) is 2.53. The monoisotopic (exact) mass is 310 g/mol. The predicted molar refractivity (Wildman–Crippen MR) is 86.4 cm³/mol. The van der Waals surface area contributed by atoms with Gasteiger partial charge in [-0.1, -0.05) is 36.9 Å². The van der Waals surface area contributed by atoms with Crippen LogP contribution in [0.3, 0.4) is 0 Å². The highest BCUT2D eigenvalue weighted by molar-refractivity contribution is 6.31. The molecule has 21 heavy (non-hydrogen) atoms. The predicted octanol–water partition coefficient (Wildman–Crippen LogP) is 4.59. The van der Waals surface area contributed by atoms with Crippen LogP contribution in [0.4, 0.5) is 10.1 Å². The molecule has 0 amide bonds. The summed E-state index contributed by atoms with van der Waals surface area (Å²) in [6.45, 7) is 1.12. The van der Waals surface area contributed by atoms with Crippen LogP contribution in [0.2, 0.25) is 5.02 Å². The Morgan fingerprint density at radius 1 is 1.10 bits per heavy atom. The van der Waals surface area contributed by atoms with E-state index in [1.165, 1.54) is 38.5 Å². The van der Waals surface area contributed by atoms with E-state index in [9.17, 15) is 4.39 Å². The van der Waals surface area contributed by atoms with Crippen molar-refractivity contribution < 1.29 is 4.39 Å². The van der Waals surface area contributed by atoms with Crippen molar-refractivity contribution in [2.75, 3.05) is 11.9 Å². The van der Waals surface area contributed by atoms with Gasteiger partial charge in [0.15, 0.2) is 5.82 Å². The smallest absolute Gasteiger partial charge is 0.164 e. The van der Waals surface area contributed by atoms with Crippen LogP contribution < -0.4 is 10.6 Å². The Labute approximate surface area is 131 Å². The SMILES string of the molecule is Fc1c(Cl)cccc1NC1CCCCC1C1CCCCN1. The van der Waals surface area contributed by atoms with E-state index >= 15 is 0 Å². The van der Waals surface area contributed by atoms with Gasteiger partial charge in [0.05, 0.1) is 10.7 Å². The summed E-state index contributed by atoms with van der Waals surface area (Å²) in [5.41, 5.74) is 0.551. The molecule has 1 aromatic carbocycles. The molecule has 1 heterocycles. The summed E-state index contributed by atoms with van der Waals surface area (Å²) in [5.74, 6) is 0.275. The Balaban J connectivity index is 1.73. The maximum Gasteiger partial charge on any atom is 0.164 e. The molecule has 0 bridgehead atoms. The molecule has 3 unspecified atom stereocenters. The third-order valence-electron chi connectivity index (χ3n) is 4.98. The van der Waals surface area contributed by atoms with Crippen LogP contribution in [0.1, 0.15) is 44.9 Å². The van der Waals surface area contributed by atoms with Crippen molar-refractivity contribution in [3.63, 3.8) is 0 Å². The Bertz CT molecular complexity index is 474. The fourth-order valence-corrected chi connectivity index (χ4v) is 4.05. The molecule has 0 aromatic heterocycles. The van der Waals surface area contributed by atoms with Gasteiger partial charge in [0, 0.05) is 12.1 Å². The minimum Gasteiger partial charge on any atom is -0.380 e. The summed E-state index contributed by atoms with van der Waals surface area (Å²) < 4.78 is 14.1. The first-order valence-electron chi connectivity index (χ1n) is 8.19. The van der Waals surface area contributed by atoms with Crippen LogP contribution in [0.15, 0.2) is 18.2 Å². The normalized spacial score (nSPS) is 30.1. The van der Waals surface area contributed by atoms with E-state index < -0.39 is 0 Å². The van der Waals surface area contributed by atoms with Gasteiger partial charge in [0.25, 0.3) is 0 Å². The van der Waals surface area contributed by atoms with Crippen molar-refractivity contribution >= 4 is 17.3 Å². The van der Waals surface area contributed by atoms with Crippen molar-refractivity contribution in [3.05, 3.63) is 29.0 Å². The van der Waals surface area contributed by atoms with Gasteiger partial charge in [-0.05, 0) is 50.3 Å². The average molecular weight is 311 g/mol. The first-order chi connectivity index (χ1) is 10.3. The molecule has 1 aliphatic carbocycles. The number of anilines is 1. The summed E-state index contributed by atoms with van der Waals surface area (Å²) in [6, 6.07) is 6.13. The zero-order valence-electron chi connectivity index (χ0n) is 12.4. The lowest BCUT2D eigenvalue weighted by atomic mass is 9.77. The molecule has 1 saturated carbocycles. The van der Waals surface area contributed by atoms with E-state index in [-0.39, 0.29) is 10.8 Å². The fourth-order valence-electron chi connectivity index (χ4n) is 3.88. The number of hydrogen-bond acceptors (Lipinski definition) is 2. The van der Waals surface area contributed by atoms with E-state index in [0.717, 1.165) is 13.0 Å². The first-order valence-corrected chi connectivity index (χ1v) is 8.57. The van der Waals surface area contributed by atoms with Crippen LogP contribution in [0.25, 0.3) is 0 Å². The molecule has 2 nitrogen and oxygen atoms in total. The number of benzene rings is 1. The van der Waals surface area contributed by atoms with E-state index in [0.29, 0.717) is 23.7 Å². The highest BCUT2D eigenvalue weighted by atomic mass is 35.5. The van der Waals surface area contributed by atoms with Crippen LogP contribution in [-0.2, 0) is 0 Å². The maximum absolute atomic E-state index is 14.1. The quantitative estimate of drug-likeness (QED) is 0.853. The van der Waals surface area contributed by atoms with Gasteiger partial charge in [-0.3, -0.25) is 0 Å². The standard InChI is InChI=1S/C17H24ClFN2/c18-13-7-5-10-16(17(13)19)21-15-9-2-1-6-12(15)14-8-3-4-11-20-14/h5,7,10,12,14-15,20-21H,1-4,6,8-9,11H2. The van der Waals surface area contributed by atoms with Crippen molar-refractivity contribution in [1.29, 1.82) is 0 Å². The second-order valence-corrected chi connectivity index (χ2v) is 6.76. The Morgan fingerprint density at radius 2 is 1.90 bits per heavy atom. The molecule has 3 rings (SSSR count). The zero-order chi connectivity index (χ0) is 14.7. The molecule has 2 N–H and O–H groups in total. The molecule has 2 fully saturated rings. The van der Waals surface area contributed by atoms with Crippen LogP contribution >= 0.6 is 11.6 Å². The van der Waals surface area contributed by atoms with Gasteiger partial charge in [-0.15, -0.1) is 0 Å². The summed E-state index contributed by atoms with van der Waals surface area (Å²) in [6.07, 6.45) is 8.71. The van der Waals surface area contributed by atoms with Crippen molar-refractivity contribution in [2.24, 2.45) is 5.92 Å². The van der Waals surface area contributed by atoms with Gasteiger partial charge in [-0.25, -0.2) is 4.39 Å². The lowest BCUT2D eigenvalue weighted by Crippen LogP contribution is -2.48. The molecule has 0 radical (unpaired) electrons. The number of nitrogens with one attached hydrogen (secondary N) is 2. The summed E-state index contributed by atoms with van der Waals surface area (Å²) in [5, 5.41) is 7.31. The van der Waals surface area contributed by atoms with Crippen LogP contribution in [0, 0.1) is 11.7 Å². The number of piperidine rings is 1. The molecule has 4 heteroatoms. The van der Waals surface area contributed by atoms with Crippen molar-refractivity contribution in [2.45, 2.75) is 57.0 Å². The van der Waals surface area contributed by atoms with Crippen LogP contribution in [-0.4, -0.2) is 18.6 Å². The third kappa shape index (κ3) is 3.51. The highest BCUT2D eigenvalue weighted by Crippen LogP contribution is 2.33. The van der Waals surface area contributed by atoms with Gasteiger partial charge in [0.1, 0.15) is 0 Å². The van der Waals surface area contributed by atoms with E-state index in [1.54, 1.807) is 12.1 Å². The van der Waals surface area contributed by atoms with Crippen molar-refractivity contribution in [1.82, 2.24) is 5.32 Å². The fraction of sp³-hybridized carbons (Fsp3) is 0.647. The molecule has 1 aromatic rings. The summed E-state index contributed by atoms with van der Waals surface area (Å²) in [7, 11) is 0. The van der Waals surface area contributed by atoms with E-state index in [4.69, 9.17) is 11.6 Å². The second-order valence-electron chi connectivity index (χ2n) is 6.36. The molecule has 3 atom stereocenters.